The highest BCUT2D eigenvalue weighted by Crippen LogP contribution is 2.30. The number of aromatic nitrogens is 6. The highest BCUT2D eigenvalue weighted by Gasteiger charge is 2.16. The van der Waals surface area contributed by atoms with Crippen LogP contribution in [-0.2, 0) is 0 Å². The molecule has 0 radical (unpaired) electrons. The maximum Gasteiger partial charge on any atom is 0.165 e. The van der Waals surface area contributed by atoms with Gasteiger partial charge in [-0.3, -0.25) is 20.2 Å². The minimum absolute atomic E-state index is 0.790. The first kappa shape index (κ1) is 14.0. The van der Waals surface area contributed by atoms with E-state index >= 15 is 0 Å². The van der Waals surface area contributed by atoms with Crippen molar-refractivity contribution >= 4 is 33.4 Å². The lowest BCUT2D eigenvalue weighted by Gasteiger charge is -2.13. The number of rotatable bonds is 2. The molecule has 0 amide bonds. The fraction of sp³-hybridized carbons (Fsp3) is 0.200. The van der Waals surface area contributed by atoms with E-state index in [2.05, 4.69) is 30.4 Å². The summed E-state index contributed by atoms with van der Waals surface area (Å²) in [7, 11) is 1.93. The van der Waals surface area contributed by atoms with Gasteiger partial charge in [0.25, 0.3) is 0 Å². The molecule has 2 N–H and O–H groups in total. The van der Waals surface area contributed by atoms with E-state index in [1.165, 1.54) is 0 Å². The highest BCUT2D eigenvalue weighted by atomic mass is 15.3. The van der Waals surface area contributed by atoms with Gasteiger partial charge in [-0.05, 0) is 12.1 Å². The van der Waals surface area contributed by atoms with Gasteiger partial charge in [0, 0.05) is 31.0 Å². The van der Waals surface area contributed by atoms with E-state index in [4.69, 9.17) is 0 Å². The third-order valence-electron chi connectivity index (χ3n) is 3.32. The summed E-state index contributed by atoms with van der Waals surface area (Å²) in [6.45, 7) is 4.00. The van der Waals surface area contributed by atoms with Crippen LogP contribution >= 0.6 is 0 Å². The Kier molecular flexibility index (Phi) is 3.69. The molecule has 0 spiro atoms. The molecule has 112 valence electrons. The maximum absolute atomic E-state index is 4.35. The fourth-order valence-electron chi connectivity index (χ4n) is 2.31. The molecule has 0 unspecified atom stereocenters. The van der Waals surface area contributed by atoms with Crippen molar-refractivity contribution < 1.29 is 0 Å². The van der Waals surface area contributed by atoms with E-state index in [9.17, 15) is 0 Å². The molecule has 22 heavy (non-hydrogen) atoms. The topological polar surface area (TPSA) is 86.4 Å². The van der Waals surface area contributed by atoms with Crippen molar-refractivity contribution in [3.05, 3.63) is 36.9 Å². The average molecular weight is 295 g/mol. The molecule has 0 fully saturated rings. The van der Waals surface area contributed by atoms with Gasteiger partial charge in [-0.2, -0.15) is 10.2 Å². The predicted molar refractivity (Wildman–Crippen MR) is 87.2 cm³/mol. The van der Waals surface area contributed by atoms with E-state index in [1.54, 1.807) is 24.8 Å². The van der Waals surface area contributed by atoms with Crippen LogP contribution < -0.4 is 4.90 Å². The van der Waals surface area contributed by atoms with Crippen molar-refractivity contribution in [1.29, 1.82) is 0 Å². The molecule has 7 heteroatoms. The summed E-state index contributed by atoms with van der Waals surface area (Å²) in [6.07, 6.45) is 7.03. The predicted octanol–water partition coefficient (Wildman–Crippen LogP) is 3.02. The van der Waals surface area contributed by atoms with Gasteiger partial charge in [0.1, 0.15) is 0 Å². The zero-order valence-electron chi connectivity index (χ0n) is 12.7. The highest BCUT2D eigenvalue weighted by molar-refractivity contribution is 5.96. The van der Waals surface area contributed by atoms with Crippen molar-refractivity contribution in [2.75, 3.05) is 11.9 Å². The van der Waals surface area contributed by atoms with Gasteiger partial charge in [-0.25, -0.2) is 0 Å². The summed E-state index contributed by atoms with van der Waals surface area (Å²) in [5.41, 5.74) is 1.84. The van der Waals surface area contributed by atoms with Gasteiger partial charge in [-0.15, -0.1) is 0 Å². The Hall–Kier alpha value is -2.96. The van der Waals surface area contributed by atoms with Crippen LogP contribution in [-0.4, -0.2) is 37.4 Å². The monoisotopic (exact) mass is 295 g/mol. The van der Waals surface area contributed by atoms with E-state index in [0.29, 0.717) is 0 Å². The van der Waals surface area contributed by atoms with Crippen LogP contribution in [0.15, 0.2) is 36.9 Å². The van der Waals surface area contributed by atoms with Gasteiger partial charge in [-0.1, -0.05) is 13.8 Å². The van der Waals surface area contributed by atoms with Crippen molar-refractivity contribution in [3.63, 3.8) is 0 Å². The summed E-state index contributed by atoms with van der Waals surface area (Å²) in [5.74, 6) is 1.60. The number of pyridine rings is 2. The Labute approximate surface area is 127 Å². The van der Waals surface area contributed by atoms with E-state index in [0.717, 1.165) is 33.4 Å². The Morgan fingerprint density at radius 3 is 2.27 bits per heavy atom. The second kappa shape index (κ2) is 5.80. The molecule has 7 nitrogen and oxygen atoms in total. The number of anilines is 2. The minimum atomic E-state index is 0.790. The summed E-state index contributed by atoms with van der Waals surface area (Å²) in [6, 6.07) is 3.82. The number of H-pyrrole nitrogens is 2. The molecule has 0 aliphatic rings. The minimum Gasteiger partial charge on any atom is -0.310 e. The molecule has 0 aliphatic heterocycles. The Morgan fingerprint density at radius 1 is 0.818 bits per heavy atom. The standard InChI is InChI=1S/C13H11N7.C2H6/c1-20(12-8-2-4-15-7-11(8)17-18-12)13-9-6-14-5-3-10(9)16-19-13;1-2/h2-7H,1H3,(H,16,19)(H,17,18);1-2H3. The molecule has 4 rings (SSSR count). The molecule has 0 bridgehead atoms. The Balaban J connectivity index is 0.000000693. The third-order valence-corrected chi connectivity index (χ3v) is 3.32. The molecule has 0 aromatic carbocycles. The van der Waals surface area contributed by atoms with Crippen LogP contribution in [0, 0.1) is 0 Å². The van der Waals surface area contributed by atoms with Crippen LogP contribution in [0.2, 0.25) is 0 Å². The molecule has 0 aliphatic carbocycles. The van der Waals surface area contributed by atoms with Crippen molar-refractivity contribution in [2.45, 2.75) is 13.8 Å². The molecule has 4 aromatic heterocycles. The molecule has 0 saturated carbocycles. The van der Waals surface area contributed by atoms with Crippen molar-refractivity contribution in [2.24, 2.45) is 0 Å². The number of hydrogen-bond donors (Lipinski definition) is 2. The summed E-state index contributed by atoms with van der Waals surface area (Å²) < 4.78 is 0. The quantitative estimate of drug-likeness (QED) is 0.593. The third kappa shape index (κ3) is 2.16. The summed E-state index contributed by atoms with van der Waals surface area (Å²) in [5, 5.41) is 16.6. The first-order valence-electron chi connectivity index (χ1n) is 7.14. The van der Waals surface area contributed by atoms with Crippen LogP contribution in [0.3, 0.4) is 0 Å². The SMILES string of the molecule is CC.CN(c1n[nH]c2cnccc12)c1n[nH]c2ccncc12. The van der Waals surface area contributed by atoms with Gasteiger partial charge < -0.3 is 4.90 Å². The summed E-state index contributed by atoms with van der Waals surface area (Å²) >= 11 is 0. The second-order valence-electron chi connectivity index (χ2n) is 4.50. The van der Waals surface area contributed by atoms with Crippen LogP contribution in [0.1, 0.15) is 13.8 Å². The number of nitrogens with zero attached hydrogens (tertiary/aromatic N) is 5. The van der Waals surface area contributed by atoms with E-state index in [1.807, 2.05) is 37.9 Å². The van der Waals surface area contributed by atoms with Gasteiger partial charge >= 0.3 is 0 Å². The van der Waals surface area contributed by atoms with Gasteiger partial charge in [0.2, 0.25) is 0 Å². The Bertz CT molecular complexity index is 819. The number of aromatic amines is 2. The zero-order valence-corrected chi connectivity index (χ0v) is 12.7. The first-order valence-corrected chi connectivity index (χ1v) is 7.14. The normalized spacial score (nSPS) is 10.5. The van der Waals surface area contributed by atoms with Crippen LogP contribution in [0.4, 0.5) is 11.6 Å². The lowest BCUT2D eigenvalue weighted by atomic mass is 10.3. The largest absolute Gasteiger partial charge is 0.310 e. The lowest BCUT2D eigenvalue weighted by molar-refractivity contribution is 1.01. The molecule has 4 heterocycles. The fourth-order valence-corrected chi connectivity index (χ4v) is 2.31. The Morgan fingerprint density at radius 2 is 1.45 bits per heavy atom. The second-order valence-corrected chi connectivity index (χ2v) is 4.50. The molecular weight excluding hydrogens is 278 g/mol. The lowest BCUT2D eigenvalue weighted by Crippen LogP contribution is -2.11. The average Bonchev–Trinajstić information content (AvgIpc) is 3.20. The van der Waals surface area contributed by atoms with E-state index in [-0.39, 0.29) is 0 Å². The summed E-state index contributed by atoms with van der Waals surface area (Å²) in [4.78, 5) is 10.2. The maximum atomic E-state index is 4.35. The van der Waals surface area contributed by atoms with Crippen LogP contribution in [0.5, 0.6) is 0 Å². The molecule has 0 saturated heterocycles. The van der Waals surface area contributed by atoms with E-state index < -0.39 is 0 Å². The molecular formula is C15H17N7. The number of fused-ring (bicyclic) bond motifs is 2. The molecule has 4 aromatic rings. The number of hydrogen-bond acceptors (Lipinski definition) is 5. The molecule has 0 atom stereocenters. The van der Waals surface area contributed by atoms with Crippen molar-refractivity contribution in [1.82, 2.24) is 30.4 Å². The number of nitrogens with one attached hydrogen (secondary N) is 2. The van der Waals surface area contributed by atoms with Crippen LogP contribution in [0.25, 0.3) is 21.8 Å². The van der Waals surface area contributed by atoms with Gasteiger partial charge in [0.15, 0.2) is 11.6 Å². The van der Waals surface area contributed by atoms with Crippen molar-refractivity contribution in [3.8, 4) is 0 Å². The zero-order chi connectivity index (χ0) is 15.5. The smallest absolute Gasteiger partial charge is 0.165 e. The van der Waals surface area contributed by atoms with Gasteiger partial charge in [0.05, 0.1) is 22.6 Å². The first-order chi connectivity index (χ1) is 10.8.